The number of nitrogens with two attached hydrogens (primary N) is 1. The van der Waals surface area contributed by atoms with E-state index in [4.69, 9.17) is 11.0 Å². The minimum absolute atomic E-state index is 0.541. The van der Waals surface area contributed by atoms with Gasteiger partial charge in [0.15, 0.2) is 0 Å². The molecule has 2 aromatic carbocycles. The first kappa shape index (κ1) is 12.5. The van der Waals surface area contributed by atoms with Crippen molar-refractivity contribution < 1.29 is 0 Å². The van der Waals surface area contributed by atoms with Crippen LogP contribution in [0.15, 0.2) is 41.3 Å². The summed E-state index contributed by atoms with van der Waals surface area (Å²) in [6, 6.07) is 14.2. The number of nitriles is 1. The predicted molar refractivity (Wildman–Crippen MR) is 77.5 cm³/mol. The minimum Gasteiger partial charge on any atom is -0.398 e. The smallest absolute Gasteiger partial charge is 0.102 e. The van der Waals surface area contributed by atoms with Gasteiger partial charge in [0.25, 0.3) is 0 Å². The van der Waals surface area contributed by atoms with Crippen molar-refractivity contribution in [3.63, 3.8) is 0 Å². The number of thioether (sulfide) groups is 1. The fourth-order valence-corrected chi connectivity index (χ4v) is 2.44. The van der Waals surface area contributed by atoms with Crippen LogP contribution < -0.4 is 5.73 Å². The predicted octanol–water partition coefficient (Wildman–Crippen LogP) is 3.84. The highest BCUT2D eigenvalue weighted by atomic mass is 32.2. The Morgan fingerprint density at radius 1 is 1.22 bits per heavy atom. The third-order valence-corrected chi connectivity index (χ3v) is 3.72. The van der Waals surface area contributed by atoms with E-state index in [2.05, 4.69) is 30.5 Å². The molecule has 0 fully saturated rings. The highest BCUT2D eigenvalue weighted by Crippen LogP contribution is 2.30. The third-order valence-electron chi connectivity index (χ3n) is 2.99. The summed E-state index contributed by atoms with van der Waals surface area (Å²) in [4.78, 5) is 1.21. The Balaban J connectivity index is 2.61. The lowest BCUT2D eigenvalue weighted by atomic mass is 9.96. The molecule has 0 saturated heterocycles. The van der Waals surface area contributed by atoms with Crippen LogP contribution in [-0.2, 0) is 0 Å². The van der Waals surface area contributed by atoms with Crippen molar-refractivity contribution >= 4 is 17.4 Å². The Hall–Kier alpha value is -1.92. The normalized spacial score (nSPS) is 10.1. The highest BCUT2D eigenvalue weighted by molar-refractivity contribution is 7.98. The monoisotopic (exact) mass is 254 g/mol. The maximum Gasteiger partial charge on any atom is 0.102 e. The second-order valence-electron chi connectivity index (χ2n) is 4.05. The second kappa shape index (κ2) is 5.16. The highest BCUT2D eigenvalue weighted by Gasteiger charge is 2.09. The topological polar surface area (TPSA) is 49.8 Å². The number of hydrogen-bond acceptors (Lipinski definition) is 3. The lowest BCUT2D eigenvalue weighted by Gasteiger charge is -2.10. The Bertz CT molecular complexity index is 627. The van der Waals surface area contributed by atoms with Gasteiger partial charge < -0.3 is 5.73 Å². The summed E-state index contributed by atoms with van der Waals surface area (Å²) in [5, 5.41) is 9.14. The van der Waals surface area contributed by atoms with Crippen LogP contribution in [0.25, 0.3) is 11.1 Å². The molecular formula is C15H14N2S. The van der Waals surface area contributed by atoms with E-state index in [0.717, 1.165) is 16.7 Å². The van der Waals surface area contributed by atoms with Gasteiger partial charge in [-0.05, 0) is 48.1 Å². The van der Waals surface area contributed by atoms with Crippen LogP contribution >= 0.6 is 11.8 Å². The van der Waals surface area contributed by atoms with E-state index in [-0.39, 0.29) is 0 Å². The first-order valence-electron chi connectivity index (χ1n) is 5.61. The number of rotatable bonds is 2. The lowest BCUT2D eigenvalue weighted by Crippen LogP contribution is -1.95. The van der Waals surface area contributed by atoms with Crippen LogP contribution in [0.2, 0.25) is 0 Å². The molecule has 2 N–H and O–H groups in total. The van der Waals surface area contributed by atoms with Crippen LogP contribution in [0.5, 0.6) is 0 Å². The van der Waals surface area contributed by atoms with Crippen molar-refractivity contribution in [3.05, 3.63) is 47.5 Å². The fourth-order valence-electron chi connectivity index (χ4n) is 1.98. The van der Waals surface area contributed by atoms with Crippen LogP contribution in [0.1, 0.15) is 11.1 Å². The third kappa shape index (κ3) is 2.20. The molecule has 18 heavy (non-hydrogen) atoms. The van der Waals surface area contributed by atoms with Gasteiger partial charge in [-0.2, -0.15) is 5.26 Å². The van der Waals surface area contributed by atoms with Crippen LogP contribution in [0.4, 0.5) is 5.69 Å². The van der Waals surface area contributed by atoms with Gasteiger partial charge >= 0.3 is 0 Å². The van der Waals surface area contributed by atoms with E-state index >= 15 is 0 Å². The minimum atomic E-state index is 0.541. The summed E-state index contributed by atoms with van der Waals surface area (Å²) in [6.45, 7) is 1.94. The maximum absolute atomic E-state index is 9.14. The summed E-state index contributed by atoms with van der Waals surface area (Å²) >= 11 is 1.71. The first-order valence-corrected chi connectivity index (χ1v) is 6.83. The van der Waals surface area contributed by atoms with Crippen molar-refractivity contribution in [2.24, 2.45) is 0 Å². The zero-order chi connectivity index (χ0) is 13.1. The molecule has 0 amide bonds. The van der Waals surface area contributed by atoms with Gasteiger partial charge in [-0.3, -0.25) is 0 Å². The van der Waals surface area contributed by atoms with E-state index in [1.165, 1.54) is 4.90 Å². The zero-order valence-electron chi connectivity index (χ0n) is 10.4. The molecule has 0 saturated carbocycles. The number of benzene rings is 2. The molecule has 90 valence electrons. The Labute approximate surface area is 111 Å². The zero-order valence-corrected chi connectivity index (χ0v) is 11.2. The number of hydrogen-bond donors (Lipinski definition) is 1. The Morgan fingerprint density at radius 3 is 2.67 bits per heavy atom. The maximum atomic E-state index is 9.14. The van der Waals surface area contributed by atoms with Gasteiger partial charge in [-0.1, -0.05) is 18.2 Å². The van der Waals surface area contributed by atoms with Crippen molar-refractivity contribution in [3.8, 4) is 17.2 Å². The van der Waals surface area contributed by atoms with Gasteiger partial charge in [-0.15, -0.1) is 11.8 Å². The van der Waals surface area contributed by atoms with Crippen molar-refractivity contribution in [2.75, 3.05) is 12.0 Å². The Morgan fingerprint density at radius 2 is 2.00 bits per heavy atom. The number of nitrogen functional groups attached to an aromatic ring is 1. The van der Waals surface area contributed by atoms with E-state index in [1.54, 1.807) is 17.8 Å². The molecule has 2 nitrogen and oxygen atoms in total. The molecule has 0 spiro atoms. The van der Waals surface area contributed by atoms with E-state index in [9.17, 15) is 0 Å². The van der Waals surface area contributed by atoms with Crippen molar-refractivity contribution in [1.29, 1.82) is 5.26 Å². The summed E-state index contributed by atoms with van der Waals surface area (Å²) in [5.41, 5.74) is 10.0. The molecule has 0 heterocycles. The van der Waals surface area contributed by atoms with Crippen LogP contribution in [0.3, 0.4) is 0 Å². The molecule has 0 aliphatic carbocycles. The van der Waals surface area contributed by atoms with Gasteiger partial charge in [0.2, 0.25) is 0 Å². The molecule has 3 heteroatoms. The average molecular weight is 254 g/mol. The SMILES string of the molecule is CSc1cccc(-c2ccc(N)c(C#N)c2C)c1. The molecule has 2 aromatic rings. The van der Waals surface area contributed by atoms with Gasteiger partial charge in [0.1, 0.15) is 6.07 Å². The van der Waals surface area contributed by atoms with Crippen LogP contribution in [-0.4, -0.2) is 6.26 Å². The summed E-state index contributed by atoms with van der Waals surface area (Å²) in [5.74, 6) is 0. The summed E-state index contributed by atoms with van der Waals surface area (Å²) < 4.78 is 0. The molecule has 0 atom stereocenters. The Kier molecular flexibility index (Phi) is 3.59. The lowest BCUT2D eigenvalue weighted by molar-refractivity contribution is 1.38. The summed E-state index contributed by atoms with van der Waals surface area (Å²) in [7, 11) is 0. The molecular weight excluding hydrogens is 240 g/mol. The van der Waals surface area contributed by atoms with E-state index in [1.807, 2.05) is 19.1 Å². The molecule has 0 radical (unpaired) electrons. The standard InChI is InChI=1S/C15H14N2S/c1-10-13(6-7-15(17)14(10)9-16)11-4-3-5-12(8-11)18-2/h3-8H,17H2,1-2H3. The van der Waals surface area contributed by atoms with E-state index in [0.29, 0.717) is 11.3 Å². The largest absolute Gasteiger partial charge is 0.398 e. The number of anilines is 1. The molecule has 0 unspecified atom stereocenters. The molecule has 0 aromatic heterocycles. The van der Waals surface area contributed by atoms with E-state index < -0.39 is 0 Å². The fraction of sp³-hybridized carbons (Fsp3) is 0.133. The molecule has 2 rings (SSSR count). The second-order valence-corrected chi connectivity index (χ2v) is 4.93. The van der Waals surface area contributed by atoms with Crippen molar-refractivity contribution in [2.45, 2.75) is 11.8 Å². The van der Waals surface area contributed by atoms with Gasteiger partial charge in [0.05, 0.1) is 5.56 Å². The summed E-state index contributed by atoms with van der Waals surface area (Å²) in [6.07, 6.45) is 2.05. The first-order chi connectivity index (χ1) is 8.67. The quantitative estimate of drug-likeness (QED) is 0.654. The molecule has 0 aliphatic rings. The average Bonchev–Trinajstić information content (AvgIpc) is 2.39. The van der Waals surface area contributed by atoms with Gasteiger partial charge in [-0.25, -0.2) is 0 Å². The van der Waals surface area contributed by atoms with Crippen molar-refractivity contribution in [1.82, 2.24) is 0 Å². The molecule has 0 aliphatic heterocycles. The molecule has 0 bridgehead atoms. The van der Waals surface area contributed by atoms with Gasteiger partial charge in [0, 0.05) is 10.6 Å². The number of nitrogens with zero attached hydrogens (tertiary/aromatic N) is 1. The van der Waals surface area contributed by atoms with Crippen LogP contribution in [0, 0.1) is 18.3 Å².